The zero-order chi connectivity index (χ0) is 23.1. The number of amides is 2. The maximum absolute atomic E-state index is 13.9. The molecule has 1 atom stereocenters. The monoisotopic (exact) mass is 433 g/mol. The highest BCUT2D eigenvalue weighted by atomic mass is 19.1. The molecule has 0 heterocycles. The molecule has 0 radical (unpaired) electrons. The lowest BCUT2D eigenvalue weighted by atomic mass is 10.0. The molecule has 0 saturated heterocycles. The van der Waals surface area contributed by atoms with Crippen LogP contribution in [0.5, 0.6) is 0 Å². The largest absolute Gasteiger partial charge is 0.350 e. The van der Waals surface area contributed by atoms with E-state index in [1.54, 1.807) is 24.3 Å². The highest BCUT2D eigenvalue weighted by molar-refractivity contribution is 6.05. The molecule has 5 nitrogen and oxygen atoms in total. The van der Waals surface area contributed by atoms with Gasteiger partial charge in [0, 0.05) is 23.8 Å². The molecule has 2 N–H and O–H groups in total. The predicted molar refractivity (Wildman–Crippen MR) is 125 cm³/mol. The van der Waals surface area contributed by atoms with Gasteiger partial charge in [0.25, 0.3) is 11.8 Å². The molecule has 0 aliphatic rings. The molecule has 1 unspecified atom stereocenters. The average molecular weight is 434 g/mol. The first kappa shape index (κ1) is 23.2. The Balaban J connectivity index is 1.67. The van der Waals surface area contributed by atoms with Crippen LogP contribution in [0.15, 0.2) is 72.8 Å². The van der Waals surface area contributed by atoms with Crippen molar-refractivity contribution in [3.05, 3.63) is 101 Å². The third-order valence-corrected chi connectivity index (χ3v) is 5.41. The van der Waals surface area contributed by atoms with Gasteiger partial charge in [0.15, 0.2) is 0 Å². The van der Waals surface area contributed by atoms with Crippen LogP contribution in [0.2, 0.25) is 0 Å². The van der Waals surface area contributed by atoms with E-state index in [-0.39, 0.29) is 17.5 Å². The minimum atomic E-state index is -0.593. The van der Waals surface area contributed by atoms with Crippen LogP contribution in [0.4, 0.5) is 10.1 Å². The Morgan fingerprint density at radius 1 is 0.938 bits per heavy atom. The molecule has 0 spiro atoms. The molecule has 6 heteroatoms. The number of aryl methyl sites for hydroxylation is 1. The molecule has 0 bridgehead atoms. The Hall–Kier alpha value is -3.51. The van der Waals surface area contributed by atoms with Crippen molar-refractivity contribution in [2.45, 2.75) is 19.4 Å². The van der Waals surface area contributed by atoms with Gasteiger partial charge in [0.05, 0.1) is 5.56 Å². The van der Waals surface area contributed by atoms with Crippen LogP contribution in [0.1, 0.15) is 31.8 Å². The number of benzene rings is 3. The second-order valence-corrected chi connectivity index (χ2v) is 7.98. The number of nitrogens with one attached hydrogen (secondary N) is 2. The van der Waals surface area contributed by atoms with E-state index in [0.717, 1.165) is 12.0 Å². The standard InChI is InChI=1S/C26H28FN3O2/c1-18-13-14-20(16-24(18)29-26(32)22-11-7-8-12-23(22)27)25(31)28-17-21(30(2)3)15-19-9-5-4-6-10-19/h4-14,16,21H,15,17H2,1-3H3,(H,28,31)(H,29,32). The molecular formula is C26H28FN3O2. The van der Waals surface area contributed by atoms with Gasteiger partial charge < -0.3 is 15.5 Å². The molecule has 3 rings (SSSR count). The third-order valence-electron chi connectivity index (χ3n) is 5.41. The Labute approximate surface area is 188 Å². The van der Waals surface area contributed by atoms with Gasteiger partial charge in [-0.25, -0.2) is 4.39 Å². The van der Waals surface area contributed by atoms with Crippen LogP contribution < -0.4 is 10.6 Å². The van der Waals surface area contributed by atoms with Crippen LogP contribution in [-0.4, -0.2) is 43.4 Å². The Morgan fingerprint density at radius 2 is 1.62 bits per heavy atom. The van der Waals surface area contributed by atoms with E-state index in [0.29, 0.717) is 17.8 Å². The lowest BCUT2D eigenvalue weighted by molar-refractivity contribution is 0.0940. The van der Waals surface area contributed by atoms with Crippen LogP contribution >= 0.6 is 0 Å². The summed E-state index contributed by atoms with van der Waals surface area (Å²) in [6.07, 6.45) is 0.811. The summed E-state index contributed by atoms with van der Waals surface area (Å²) in [5.74, 6) is -1.38. The van der Waals surface area contributed by atoms with Gasteiger partial charge in [0.2, 0.25) is 0 Å². The van der Waals surface area contributed by atoms with Crippen molar-refractivity contribution in [3.63, 3.8) is 0 Å². The molecule has 3 aromatic carbocycles. The first-order valence-corrected chi connectivity index (χ1v) is 10.5. The summed E-state index contributed by atoms with van der Waals surface area (Å²) >= 11 is 0. The quantitative estimate of drug-likeness (QED) is 0.557. The highest BCUT2D eigenvalue weighted by Gasteiger charge is 2.17. The number of halogens is 1. The second kappa shape index (κ2) is 10.7. The first-order chi connectivity index (χ1) is 15.3. The molecule has 0 aliphatic carbocycles. The second-order valence-electron chi connectivity index (χ2n) is 7.98. The van der Waals surface area contributed by atoms with Gasteiger partial charge in [-0.15, -0.1) is 0 Å². The smallest absolute Gasteiger partial charge is 0.258 e. The minimum Gasteiger partial charge on any atom is -0.350 e. The van der Waals surface area contributed by atoms with Crippen molar-refractivity contribution in [3.8, 4) is 0 Å². The number of nitrogens with zero attached hydrogens (tertiary/aromatic N) is 1. The number of carbonyl (C=O) groups excluding carboxylic acids is 2. The molecule has 0 fully saturated rings. The van der Waals surface area contributed by atoms with Gasteiger partial charge in [0.1, 0.15) is 5.82 Å². The lowest BCUT2D eigenvalue weighted by Crippen LogP contribution is -2.41. The SMILES string of the molecule is Cc1ccc(C(=O)NCC(Cc2ccccc2)N(C)C)cc1NC(=O)c1ccccc1F. The van der Waals surface area contributed by atoms with E-state index in [1.807, 2.05) is 39.2 Å². The Kier molecular flexibility index (Phi) is 7.73. The topological polar surface area (TPSA) is 61.4 Å². The molecule has 166 valence electrons. The Bertz CT molecular complexity index is 1080. The number of hydrogen-bond acceptors (Lipinski definition) is 3. The number of anilines is 1. The number of hydrogen-bond donors (Lipinski definition) is 2. The lowest BCUT2D eigenvalue weighted by Gasteiger charge is -2.25. The van der Waals surface area contributed by atoms with Crippen molar-refractivity contribution in [1.82, 2.24) is 10.2 Å². The minimum absolute atomic E-state index is 0.0449. The number of likely N-dealkylation sites (N-methyl/N-ethyl adjacent to an activating group) is 1. The van der Waals surface area contributed by atoms with Gasteiger partial charge in [-0.3, -0.25) is 9.59 Å². The van der Waals surface area contributed by atoms with Crippen LogP contribution in [0.3, 0.4) is 0 Å². The van der Waals surface area contributed by atoms with E-state index >= 15 is 0 Å². The van der Waals surface area contributed by atoms with E-state index in [9.17, 15) is 14.0 Å². The molecule has 2 amide bonds. The van der Waals surface area contributed by atoms with E-state index in [1.165, 1.54) is 23.8 Å². The molecule has 3 aromatic rings. The third kappa shape index (κ3) is 6.02. The molecular weight excluding hydrogens is 405 g/mol. The maximum atomic E-state index is 13.9. The average Bonchev–Trinajstić information content (AvgIpc) is 2.78. The number of rotatable bonds is 8. The van der Waals surface area contributed by atoms with Crippen molar-refractivity contribution < 1.29 is 14.0 Å². The molecule has 0 saturated carbocycles. The summed E-state index contributed by atoms with van der Waals surface area (Å²) in [7, 11) is 3.98. The predicted octanol–water partition coefficient (Wildman–Crippen LogP) is 4.29. The summed E-state index contributed by atoms with van der Waals surface area (Å²) in [5.41, 5.74) is 2.84. The van der Waals surface area contributed by atoms with Crippen molar-refractivity contribution in [1.29, 1.82) is 0 Å². The summed E-state index contributed by atoms with van der Waals surface area (Å²) in [5, 5.41) is 5.70. The maximum Gasteiger partial charge on any atom is 0.258 e. The number of carbonyl (C=O) groups is 2. The zero-order valence-corrected chi connectivity index (χ0v) is 18.6. The van der Waals surface area contributed by atoms with E-state index < -0.39 is 11.7 Å². The first-order valence-electron chi connectivity index (χ1n) is 10.5. The Morgan fingerprint density at radius 3 is 2.31 bits per heavy atom. The fourth-order valence-corrected chi connectivity index (χ4v) is 3.37. The summed E-state index contributed by atoms with van der Waals surface area (Å²) in [6, 6.07) is 21.2. The molecule has 0 aliphatic heterocycles. The normalized spacial score (nSPS) is 11.8. The van der Waals surface area contributed by atoms with Gasteiger partial charge in [-0.1, -0.05) is 48.5 Å². The highest BCUT2D eigenvalue weighted by Crippen LogP contribution is 2.19. The summed E-state index contributed by atoms with van der Waals surface area (Å²) in [6.45, 7) is 2.30. The fourth-order valence-electron chi connectivity index (χ4n) is 3.37. The van der Waals surface area contributed by atoms with Crippen LogP contribution in [0, 0.1) is 12.7 Å². The van der Waals surface area contributed by atoms with Crippen molar-refractivity contribution >= 4 is 17.5 Å². The van der Waals surface area contributed by atoms with Gasteiger partial charge >= 0.3 is 0 Å². The summed E-state index contributed by atoms with van der Waals surface area (Å²) < 4.78 is 13.9. The summed E-state index contributed by atoms with van der Waals surface area (Å²) in [4.78, 5) is 27.4. The van der Waals surface area contributed by atoms with Gasteiger partial charge in [-0.05, 0) is 62.8 Å². The van der Waals surface area contributed by atoms with Crippen molar-refractivity contribution in [2.75, 3.05) is 26.0 Å². The fraction of sp³-hybridized carbons (Fsp3) is 0.231. The van der Waals surface area contributed by atoms with E-state index in [2.05, 4.69) is 27.7 Å². The molecule has 0 aromatic heterocycles. The zero-order valence-electron chi connectivity index (χ0n) is 18.6. The van der Waals surface area contributed by atoms with Crippen LogP contribution in [0.25, 0.3) is 0 Å². The van der Waals surface area contributed by atoms with Gasteiger partial charge in [-0.2, -0.15) is 0 Å². The van der Waals surface area contributed by atoms with E-state index in [4.69, 9.17) is 0 Å². The van der Waals surface area contributed by atoms with Crippen LogP contribution in [-0.2, 0) is 6.42 Å². The molecule has 32 heavy (non-hydrogen) atoms. The van der Waals surface area contributed by atoms with Crippen molar-refractivity contribution in [2.24, 2.45) is 0 Å².